The van der Waals surface area contributed by atoms with E-state index in [-0.39, 0.29) is 11.6 Å². The molecular formula is C17H11Cl3N4O. The molecule has 3 rings (SSSR count). The van der Waals surface area contributed by atoms with Crippen LogP contribution < -0.4 is 10.6 Å². The number of hydrogen-bond acceptors (Lipinski definition) is 4. The quantitative estimate of drug-likeness (QED) is 0.620. The first-order valence-corrected chi connectivity index (χ1v) is 8.27. The summed E-state index contributed by atoms with van der Waals surface area (Å²) < 4.78 is 0. The molecule has 0 atom stereocenters. The van der Waals surface area contributed by atoms with Crippen molar-refractivity contribution in [2.45, 2.75) is 0 Å². The summed E-state index contributed by atoms with van der Waals surface area (Å²) in [6, 6.07) is 13.4. The largest absolute Gasteiger partial charge is 0.324 e. The lowest BCUT2D eigenvalue weighted by Crippen LogP contribution is -2.15. The van der Waals surface area contributed by atoms with E-state index in [9.17, 15) is 4.79 Å². The zero-order chi connectivity index (χ0) is 17.8. The fourth-order valence-corrected chi connectivity index (χ4v) is 2.55. The van der Waals surface area contributed by atoms with Gasteiger partial charge in [0.1, 0.15) is 5.69 Å². The van der Waals surface area contributed by atoms with Crippen molar-refractivity contribution < 1.29 is 4.79 Å². The standard InChI is InChI=1S/C17H11Cl3N4O/c18-10-2-1-3-12(8-10)22-17-21-7-6-14(24-17)16(25)23-15-9-11(19)4-5-13(15)20/h1-9H,(H,23,25)(H,21,22,24). The molecule has 25 heavy (non-hydrogen) atoms. The van der Waals surface area contributed by atoms with Crippen molar-refractivity contribution in [3.05, 3.63) is 75.5 Å². The number of benzene rings is 2. The molecule has 2 aromatic carbocycles. The van der Waals surface area contributed by atoms with E-state index in [1.807, 2.05) is 6.07 Å². The maximum Gasteiger partial charge on any atom is 0.274 e. The highest BCUT2D eigenvalue weighted by Crippen LogP contribution is 2.26. The van der Waals surface area contributed by atoms with Crippen molar-refractivity contribution in [1.29, 1.82) is 0 Å². The summed E-state index contributed by atoms with van der Waals surface area (Å²) in [6.45, 7) is 0. The van der Waals surface area contributed by atoms with Gasteiger partial charge in [0, 0.05) is 21.9 Å². The molecule has 8 heteroatoms. The van der Waals surface area contributed by atoms with Gasteiger partial charge in [0.2, 0.25) is 5.95 Å². The van der Waals surface area contributed by atoms with Crippen LogP contribution in [0.3, 0.4) is 0 Å². The molecule has 0 bridgehead atoms. The summed E-state index contributed by atoms with van der Waals surface area (Å²) in [5.41, 5.74) is 1.29. The summed E-state index contributed by atoms with van der Waals surface area (Å²) in [4.78, 5) is 20.7. The number of carbonyl (C=O) groups excluding carboxylic acids is 1. The van der Waals surface area contributed by atoms with Crippen LogP contribution in [0.1, 0.15) is 10.5 Å². The van der Waals surface area contributed by atoms with E-state index < -0.39 is 5.91 Å². The Hall–Kier alpha value is -2.34. The molecule has 1 aromatic heterocycles. The number of halogens is 3. The highest BCUT2D eigenvalue weighted by molar-refractivity contribution is 6.35. The van der Waals surface area contributed by atoms with Gasteiger partial charge >= 0.3 is 0 Å². The molecule has 126 valence electrons. The van der Waals surface area contributed by atoms with E-state index >= 15 is 0 Å². The smallest absolute Gasteiger partial charge is 0.274 e. The van der Waals surface area contributed by atoms with Crippen molar-refractivity contribution in [2.24, 2.45) is 0 Å². The second-order valence-corrected chi connectivity index (χ2v) is 6.26. The highest BCUT2D eigenvalue weighted by Gasteiger charge is 2.12. The Bertz CT molecular complexity index is 933. The number of anilines is 3. The summed E-state index contributed by atoms with van der Waals surface area (Å²) in [6.07, 6.45) is 1.48. The zero-order valence-electron chi connectivity index (χ0n) is 12.6. The molecule has 0 aliphatic heterocycles. The SMILES string of the molecule is O=C(Nc1cc(Cl)ccc1Cl)c1ccnc(Nc2cccc(Cl)c2)n1. The maximum absolute atomic E-state index is 12.4. The molecule has 0 spiro atoms. The Morgan fingerprint density at radius 1 is 0.960 bits per heavy atom. The third-order valence-electron chi connectivity index (χ3n) is 3.15. The third-order valence-corrected chi connectivity index (χ3v) is 3.95. The van der Waals surface area contributed by atoms with Gasteiger partial charge in [-0.05, 0) is 42.5 Å². The lowest BCUT2D eigenvalue weighted by atomic mass is 10.3. The van der Waals surface area contributed by atoms with Gasteiger partial charge in [0.25, 0.3) is 5.91 Å². The van der Waals surface area contributed by atoms with Crippen molar-refractivity contribution in [3.63, 3.8) is 0 Å². The van der Waals surface area contributed by atoms with Crippen molar-refractivity contribution >= 4 is 58.0 Å². The highest BCUT2D eigenvalue weighted by atomic mass is 35.5. The minimum Gasteiger partial charge on any atom is -0.324 e. The van der Waals surface area contributed by atoms with Gasteiger partial charge in [0.15, 0.2) is 0 Å². The summed E-state index contributed by atoms with van der Waals surface area (Å²) in [7, 11) is 0. The lowest BCUT2D eigenvalue weighted by molar-refractivity contribution is 0.102. The monoisotopic (exact) mass is 392 g/mol. The summed E-state index contributed by atoms with van der Waals surface area (Å²) >= 11 is 17.9. The number of amides is 1. The number of nitrogens with zero attached hydrogens (tertiary/aromatic N) is 2. The van der Waals surface area contributed by atoms with Gasteiger partial charge in [0.05, 0.1) is 10.7 Å². The second kappa shape index (κ2) is 7.70. The minimum absolute atomic E-state index is 0.176. The van der Waals surface area contributed by atoms with Gasteiger partial charge in [-0.3, -0.25) is 4.79 Å². The van der Waals surface area contributed by atoms with E-state index in [1.165, 1.54) is 12.3 Å². The number of rotatable bonds is 4. The van der Waals surface area contributed by atoms with Crippen LogP contribution in [-0.2, 0) is 0 Å². The molecular weight excluding hydrogens is 383 g/mol. The maximum atomic E-state index is 12.4. The average Bonchev–Trinajstić information content (AvgIpc) is 2.58. The van der Waals surface area contributed by atoms with E-state index in [4.69, 9.17) is 34.8 Å². The molecule has 0 saturated carbocycles. The molecule has 0 aliphatic carbocycles. The molecule has 0 radical (unpaired) electrons. The van der Waals surface area contributed by atoms with Crippen LogP contribution in [-0.4, -0.2) is 15.9 Å². The average molecular weight is 394 g/mol. The minimum atomic E-state index is -0.430. The van der Waals surface area contributed by atoms with E-state index in [1.54, 1.807) is 36.4 Å². The molecule has 3 aromatic rings. The Kier molecular flexibility index (Phi) is 5.38. The molecule has 5 nitrogen and oxygen atoms in total. The first kappa shape index (κ1) is 17.5. The van der Waals surface area contributed by atoms with Crippen molar-refractivity contribution in [2.75, 3.05) is 10.6 Å². The first-order valence-electron chi connectivity index (χ1n) is 7.13. The molecule has 0 aliphatic rings. The van der Waals surface area contributed by atoms with Gasteiger partial charge in [-0.1, -0.05) is 40.9 Å². The molecule has 1 amide bonds. The number of hydrogen-bond donors (Lipinski definition) is 2. The predicted octanol–water partition coefficient (Wildman–Crippen LogP) is 5.43. The number of aromatic nitrogens is 2. The summed E-state index contributed by atoms with van der Waals surface area (Å²) in [5, 5.41) is 7.08. The predicted molar refractivity (Wildman–Crippen MR) is 101 cm³/mol. The van der Waals surface area contributed by atoms with Crippen LogP contribution in [0, 0.1) is 0 Å². The van der Waals surface area contributed by atoms with Crippen LogP contribution >= 0.6 is 34.8 Å². The zero-order valence-corrected chi connectivity index (χ0v) is 14.9. The number of nitrogens with one attached hydrogen (secondary N) is 2. The van der Waals surface area contributed by atoms with Crippen LogP contribution in [0.25, 0.3) is 0 Å². The van der Waals surface area contributed by atoms with Crippen molar-refractivity contribution in [1.82, 2.24) is 9.97 Å². The first-order chi connectivity index (χ1) is 12.0. The van der Waals surface area contributed by atoms with Gasteiger partial charge in [-0.15, -0.1) is 0 Å². The van der Waals surface area contributed by atoms with Crippen LogP contribution in [0.4, 0.5) is 17.3 Å². The molecule has 0 saturated heterocycles. The van der Waals surface area contributed by atoms with E-state index in [0.717, 1.165) is 0 Å². The Morgan fingerprint density at radius 2 is 1.76 bits per heavy atom. The summed E-state index contributed by atoms with van der Waals surface area (Å²) in [5.74, 6) is -0.159. The van der Waals surface area contributed by atoms with Crippen LogP contribution in [0.5, 0.6) is 0 Å². The second-order valence-electron chi connectivity index (χ2n) is 4.98. The van der Waals surface area contributed by atoms with E-state index in [2.05, 4.69) is 20.6 Å². The van der Waals surface area contributed by atoms with Gasteiger partial charge < -0.3 is 10.6 Å². The van der Waals surface area contributed by atoms with Crippen LogP contribution in [0.15, 0.2) is 54.7 Å². The molecule has 0 fully saturated rings. The Balaban J connectivity index is 1.78. The third kappa shape index (κ3) is 4.60. The number of carbonyl (C=O) groups is 1. The van der Waals surface area contributed by atoms with Crippen molar-refractivity contribution in [3.8, 4) is 0 Å². The van der Waals surface area contributed by atoms with Gasteiger partial charge in [-0.25, -0.2) is 9.97 Å². The lowest BCUT2D eigenvalue weighted by Gasteiger charge is -2.09. The fraction of sp³-hybridized carbons (Fsp3) is 0. The molecule has 2 N–H and O–H groups in total. The normalized spacial score (nSPS) is 10.4. The topological polar surface area (TPSA) is 66.9 Å². The van der Waals surface area contributed by atoms with E-state index in [0.29, 0.717) is 26.4 Å². The van der Waals surface area contributed by atoms with Gasteiger partial charge in [-0.2, -0.15) is 0 Å². The Morgan fingerprint density at radius 3 is 2.56 bits per heavy atom. The molecule has 0 unspecified atom stereocenters. The van der Waals surface area contributed by atoms with Crippen LogP contribution in [0.2, 0.25) is 15.1 Å². The Labute approximate surface area is 159 Å². The fourth-order valence-electron chi connectivity index (χ4n) is 2.02. The molecule has 1 heterocycles.